The van der Waals surface area contributed by atoms with E-state index in [1.165, 1.54) is 6.26 Å². The summed E-state index contributed by atoms with van der Waals surface area (Å²) in [6.07, 6.45) is 2.72. The van der Waals surface area contributed by atoms with Crippen molar-refractivity contribution in [2.75, 3.05) is 12.8 Å². The predicted octanol–water partition coefficient (Wildman–Crippen LogP) is 1.74. The van der Waals surface area contributed by atoms with Gasteiger partial charge in [0.2, 0.25) is 0 Å². The third kappa shape index (κ3) is 3.59. The van der Waals surface area contributed by atoms with Crippen LogP contribution < -0.4 is 5.73 Å². The van der Waals surface area contributed by atoms with Gasteiger partial charge in [-0.3, -0.25) is 0 Å². The number of hydrogen-bond donors (Lipinski definition) is 1. The number of nitrogens with two attached hydrogens (primary N) is 1. The zero-order valence-corrected chi connectivity index (χ0v) is 10.9. The maximum absolute atomic E-state index is 11.5. The summed E-state index contributed by atoms with van der Waals surface area (Å²) in [5.41, 5.74) is 6.25. The zero-order valence-electron chi connectivity index (χ0n) is 8.53. The number of sulfone groups is 1. The first kappa shape index (κ1) is 12.7. The second-order valence-corrected chi connectivity index (χ2v) is 6.32. The van der Waals surface area contributed by atoms with Gasteiger partial charge in [0, 0.05) is 10.7 Å². The minimum atomic E-state index is -3.16. The van der Waals surface area contributed by atoms with Crippen LogP contribution in [0.4, 0.5) is 0 Å². The fraction of sp³-hybridized carbons (Fsp3) is 0.400. The predicted molar refractivity (Wildman–Crippen MR) is 64.6 cm³/mol. The van der Waals surface area contributed by atoms with E-state index in [1.807, 2.05) is 12.1 Å². The lowest BCUT2D eigenvalue weighted by Crippen LogP contribution is -2.05. The quantitative estimate of drug-likeness (QED) is 0.919. The SMILES string of the molecule is CS(=O)(=O)c1cc(Br)ccc1CCCN. The average Bonchev–Trinajstić information content (AvgIpc) is 2.14. The van der Waals surface area contributed by atoms with Crippen LogP contribution in [-0.4, -0.2) is 21.2 Å². The highest BCUT2D eigenvalue weighted by atomic mass is 79.9. The maximum Gasteiger partial charge on any atom is 0.175 e. The van der Waals surface area contributed by atoms with E-state index >= 15 is 0 Å². The van der Waals surface area contributed by atoms with Gasteiger partial charge < -0.3 is 5.73 Å². The van der Waals surface area contributed by atoms with Crippen LogP contribution >= 0.6 is 15.9 Å². The third-order valence-electron chi connectivity index (χ3n) is 2.08. The van der Waals surface area contributed by atoms with E-state index in [1.54, 1.807) is 6.07 Å². The van der Waals surface area contributed by atoms with Crippen LogP contribution in [0.5, 0.6) is 0 Å². The van der Waals surface area contributed by atoms with E-state index in [0.717, 1.165) is 16.5 Å². The Morgan fingerprint density at radius 3 is 2.60 bits per heavy atom. The van der Waals surface area contributed by atoms with Crippen LogP contribution in [0.1, 0.15) is 12.0 Å². The van der Waals surface area contributed by atoms with Crippen molar-refractivity contribution in [3.63, 3.8) is 0 Å². The minimum absolute atomic E-state index is 0.394. The molecule has 1 aromatic rings. The summed E-state index contributed by atoms with van der Waals surface area (Å²) >= 11 is 3.27. The van der Waals surface area contributed by atoms with Crippen molar-refractivity contribution in [2.45, 2.75) is 17.7 Å². The molecule has 0 heterocycles. The Balaban J connectivity index is 3.15. The lowest BCUT2D eigenvalue weighted by atomic mass is 10.1. The Morgan fingerprint density at radius 2 is 2.07 bits per heavy atom. The van der Waals surface area contributed by atoms with E-state index < -0.39 is 9.84 Å². The molecule has 0 fully saturated rings. The highest BCUT2D eigenvalue weighted by Crippen LogP contribution is 2.22. The van der Waals surface area contributed by atoms with Crippen molar-refractivity contribution in [1.29, 1.82) is 0 Å². The van der Waals surface area contributed by atoms with Crippen molar-refractivity contribution < 1.29 is 8.42 Å². The summed E-state index contributed by atoms with van der Waals surface area (Å²) in [6, 6.07) is 5.32. The molecule has 0 aliphatic rings. The van der Waals surface area contributed by atoms with Crippen molar-refractivity contribution in [1.82, 2.24) is 0 Å². The number of rotatable bonds is 4. The lowest BCUT2D eigenvalue weighted by Gasteiger charge is -2.07. The molecule has 2 N–H and O–H groups in total. The van der Waals surface area contributed by atoms with Gasteiger partial charge in [-0.1, -0.05) is 22.0 Å². The van der Waals surface area contributed by atoms with Crippen molar-refractivity contribution >= 4 is 25.8 Å². The first-order chi connectivity index (χ1) is 6.95. The molecule has 1 rings (SSSR count). The normalized spacial score (nSPS) is 11.7. The molecule has 0 amide bonds. The summed E-state index contributed by atoms with van der Waals surface area (Å²) in [5.74, 6) is 0. The largest absolute Gasteiger partial charge is 0.330 e. The summed E-state index contributed by atoms with van der Waals surface area (Å²) in [4.78, 5) is 0.394. The molecule has 0 bridgehead atoms. The summed E-state index contributed by atoms with van der Waals surface area (Å²) in [7, 11) is -3.16. The minimum Gasteiger partial charge on any atom is -0.330 e. The molecule has 0 aromatic heterocycles. The van der Waals surface area contributed by atoms with E-state index in [0.29, 0.717) is 17.9 Å². The maximum atomic E-state index is 11.5. The van der Waals surface area contributed by atoms with E-state index in [4.69, 9.17) is 5.73 Å². The number of aryl methyl sites for hydroxylation is 1. The molecule has 15 heavy (non-hydrogen) atoms. The second kappa shape index (κ2) is 5.09. The van der Waals surface area contributed by atoms with E-state index in [9.17, 15) is 8.42 Å². The van der Waals surface area contributed by atoms with Gasteiger partial charge in [0.25, 0.3) is 0 Å². The number of hydrogen-bond acceptors (Lipinski definition) is 3. The van der Waals surface area contributed by atoms with Crippen LogP contribution in [0.15, 0.2) is 27.6 Å². The zero-order chi connectivity index (χ0) is 11.5. The molecule has 84 valence electrons. The Bertz CT molecular complexity index is 443. The molecule has 5 heteroatoms. The molecule has 0 atom stereocenters. The molecule has 0 saturated heterocycles. The molecule has 1 aromatic carbocycles. The van der Waals surface area contributed by atoms with Gasteiger partial charge in [0.05, 0.1) is 4.90 Å². The molecule has 0 spiro atoms. The topological polar surface area (TPSA) is 60.2 Å². The van der Waals surface area contributed by atoms with Gasteiger partial charge in [0.15, 0.2) is 9.84 Å². The van der Waals surface area contributed by atoms with Gasteiger partial charge in [0.1, 0.15) is 0 Å². The number of halogens is 1. The lowest BCUT2D eigenvalue weighted by molar-refractivity contribution is 0.600. The van der Waals surface area contributed by atoms with Crippen LogP contribution in [0.25, 0.3) is 0 Å². The molecular formula is C10H14BrNO2S. The molecule has 0 saturated carbocycles. The van der Waals surface area contributed by atoms with Gasteiger partial charge >= 0.3 is 0 Å². The van der Waals surface area contributed by atoms with E-state index in [-0.39, 0.29) is 0 Å². The average molecular weight is 292 g/mol. The fourth-order valence-electron chi connectivity index (χ4n) is 1.37. The van der Waals surface area contributed by atoms with Crippen molar-refractivity contribution in [3.8, 4) is 0 Å². The fourth-order valence-corrected chi connectivity index (χ4v) is 2.87. The first-order valence-corrected chi connectivity index (χ1v) is 7.32. The molecular weight excluding hydrogens is 278 g/mol. The summed E-state index contributed by atoms with van der Waals surface area (Å²) < 4.78 is 23.8. The van der Waals surface area contributed by atoms with Crippen LogP contribution in [0.3, 0.4) is 0 Å². The van der Waals surface area contributed by atoms with Crippen LogP contribution in [0, 0.1) is 0 Å². The first-order valence-electron chi connectivity index (χ1n) is 4.63. The molecule has 0 unspecified atom stereocenters. The van der Waals surface area contributed by atoms with Crippen LogP contribution in [0.2, 0.25) is 0 Å². The standard InChI is InChI=1S/C10H14BrNO2S/c1-15(13,14)10-7-9(11)5-4-8(10)3-2-6-12/h4-5,7H,2-3,6,12H2,1H3. The highest BCUT2D eigenvalue weighted by molar-refractivity contribution is 9.10. The van der Waals surface area contributed by atoms with Gasteiger partial charge in [-0.15, -0.1) is 0 Å². The molecule has 0 radical (unpaired) electrons. The van der Waals surface area contributed by atoms with E-state index in [2.05, 4.69) is 15.9 Å². The highest BCUT2D eigenvalue weighted by Gasteiger charge is 2.13. The Hall–Kier alpha value is -0.390. The van der Waals surface area contributed by atoms with Gasteiger partial charge in [-0.25, -0.2) is 8.42 Å². The Morgan fingerprint density at radius 1 is 1.40 bits per heavy atom. The second-order valence-electron chi connectivity index (χ2n) is 3.42. The third-order valence-corrected chi connectivity index (χ3v) is 3.75. The molecule has 0 aliphatic heterocycles. The van der Waals surface area contributed by atoms with Crippen molar-refractivity contribution in [3.05, 3.63) is 28.2 Å². The summed E-state index contributed by atoms with van der Waals surface area (Å²) in [6.45, 7) is 0.569. The monoisotopic (exact) mass is 291 g/mol. The summed E-state index contributed by atoms with van der Waals surface area (Å²) in [5, 5.41) is 0. The van der Waals surface area contributed by atoms with Crippen LogP contribution in [-0.2, 0) is 16.3 Å². The Labute approximate surface area is 98.7 Å². The number of benzene rings is 1. The van der Waals surface area contributed by atoms with Crippen molar-refractivity contribution in [2.24, 2.45) is 5.73 Å². The molecule has 3 nitrogen and oxygen atoms in total. The smallest absolute Gasteiger partial charge is 0.175 e. The molecule has 0 aliphatic carbocycles. The van der Waals surface area contributed by atoms with Gasteiger partial charge in [-0.05, 0) is 37.1 Å². The Kier molecular flexibility index (Phi) is 4.31. The van der Waals surface area contributed by atoms with Gasteiger partial charge in [-0.2, -0.15) is 0 Å².